The van der Waals surface area contributed by atoms with Crippen LogP contribution in [-0.2, 0) is 28.6 Å². The highest BCUT2D eigenvalue weighted by Gasteiger charge is 2.19. The van der Waals surface area contributed by atoms with Crippen LogP contribution >= 0.6 is 0 Å². The lowest BCUT2D eigenvalue weighted by Crippen LogP contribution is -2.30. The zero-order chi connectivity index (χ0) is 54.3. The first-order chi connectivity index (χ1) is 37.0. The lowest BCUT2D eigenvalue weighted by Gasteiger charge is -2.18. The van der Waals surface area contributed by atoms with E-state index < -0.39 is 6.10 Å². The molecule has 0 aliphatic rings. The number of carbonyl (C=O) groups is 3. The molecule has 0 N–H and O–H groups in total. The molecule has 0 saturated carbocycles. The predicted octanol–water partition coefficient (Wildman–Crippen LogP) is 21.4. The van der Waals surface area contributed by atoms with Gasteiger partial charge in [-0.05, 0) is 122 Å². The van der Waals surface area contributed by atoms with Crippen LogP contribution in [0.15, 0.2) is 109 Å². The standard InChI is InChI=1S/C69H116O6/c1-4-7-10-13-16-19-22-25-27-28-29-30-31-32-33-34-35-36-37-38-39-40-42-44-47-50-53-56-59-62-68(71)74-65-66(64-73-67(70)61-58-55-52-49-46-43-24-21-18-15-12-9-6-3)75-69(72)63-60-57-54-51-48-45-41-26-23-20-17-14-11-8-5-2/h7,9-10,12,16-21,25-27,29-30,41,43,46,66H,4-6,8,11,13-15,22-24,28,31-40,42,44-45,47-65H2,1-3H3/b10-7-,12-9-,19-16-,20-17-,21-18-,27-25-,30-29-,41-26-,46-43-. The molecule has 75 heavy (non-hydrogen) atoms. The van der Waals surface area contributed by atoms with Crippen molar-refractivity contribution in [3.63, 3.8) is 0 Å². The van der Waals surface area contributed by atoms with Crippen molar-refractivity contribution in [3.05, 3.63) is 109 Å². The van der Waals surface area contributed by atoms with Gasteiger partial charge in [-0.15, -0.1) is 0 Å². The van der Waals surface area contributed by atoms with Crippen molar-refractivity contribution in [2.75, 3.05) is 13.2 Å². The van der Waals surface area contributed by atoms with Gasteiger partial charge in [-0.25, -0.2) is 0 Å². The van der Waals surface area contributed by atoms with Crippen molar-refractivity contribution >= 4 is 17.9 Å². The maximum Gasteiger partial charge on any atom is 0.306 e. The molecule has 428 valence electrons. The first-order valence-electron chi connectivity index (χ1n) is 31.4. The van der Waals surface area contributed by atoms with E-state index >= 15 is 0 Å². The van der Waals surface area contributed by atoms with Gasteiger partial charge < -0.3 is 14.2 Å². The molecule has 0 saturated heterocycles. The Labute approximate surface area is 463 Å². The van der Waals surface area contributed by atoms with Crippen LogP contribution in [0.25, 0.3) is 0 Å². The van der Waals surface area contributed by atoms with E-state index in [4.69, 9.17) is 14.2 Å². The van der Waals surface area contributed by atoms with Crippen LogP contribution in [0.1, 0.15) is 290 Å². The normalized spacial score (nSPS) is 12.8. The summed E-state index contributed by atoms with van der Waals surface area (Å²) in [7, 11) is 0. The monoisotopic (exact) mass is 1040 g/mol. The fourth-order valence-electron chi connectivity index (χ4n) is 8.60. The first-order valence-corrected chi connectivity index (χ1v) is 31.4. The van der Waals surface area contributed by atoms with Gasteiger partial charge in [0.2, 0.25) is 0 Å². The average Bonchev–Trinajstić information content (AvgIpc) is 3.41. The minimum atomic E-state index is -0.798. The topological polar surface area (TPSA) is 78.9 Å². The van der Waals surface area contributed by atoms with E-state index in [1.54, 1.807) is 0 Å². The van der Waals surface area contributed by atoms with Gasteiger partial charge in [-0.2, -0.15) is 0 Å². The van der Waals surface area contributed by atoms with E-state index in [2.05, 4.69) is 130 Å². The van der Waals surface area contributed by atoms with Crippen molar-refractivity contribution in [3.8, 4) is 0 Å². The van der Waals surface area contributed by atoms with E-state index in [-0.39, 0.29) is 31.1 Å². The smallest absolute Gasteiger partial charge is 0.306 e. The van der Waals surface area contributed by atoms with Crippen LogP contribution in [0, 0.1) is 0 Å². The SMILES string of the molecule is CC/C=C\C/C=C\C/C=C\C/C=C\CCCCCCCCCCCCCCCCCCC(=O)OCC(COC(=O)CCCCC/C=C\C/C=C\C/C=C\CC)OC(=O)CCCCCCC/C=C\C/C=C\CCCCC. The third-order valence-electron chi connectivity index (χ3n) is 13.2. The number of rotatable bonds is 56. The highest BCUT2D eigenvalue weighted by Crippen LogP contribution is 2.16. The minimum Gasteiger partial charge on any atom is -0.462 e. The van der Waals surface area contributed by atoms with E-state index in [1.165, 1.54) is 116 Å². The molecule has 0 spiro atoms. The fourth-order valence-corrected chi connectivity index (χ4v) is 8.60. The van der Waals surface area contributed by atoms with Crippen molar-refractivity contribution in [1.82, 2.24) is 0 Å². The van der Waals surface area contributed by atoms with Gasteiger partial charge in [-0.1, -0.05) is 259 Å². The number of ether oxygens (including phenoxy) is 3. The summed E-state index contributed by atoms with van der Waals surface area (Å²) in [4.78, 5) is 38.2. The van der Waals surface area contributed by atoms with Crippen LogP contribution in [-0.4, -0.2) is 37.2 Å². The molecule has 0 aliphatic carbocycles. The Bertz CT molecular complexity index is 1520. The van der Waals surface area contributed by atoms with Crippen LogP contribution < -0.4 is 0 Å². The molecule has 6 heteroatoms. The molecular formula is C69H116O6. The Balaban J connectivity index is 4.24. The number of hydrogen-bond donors (Lipinski definition) is 0. The van der Waals surface area contributed by atoms with Crippen LogP contribution in [0.5, 0.6) is 0 Å². The predicted molar refractivity (Wildman–Crippen MR) is 325 cm³/mol. The maximum absolute atomic E-state index is 12.9. The van der Waals surface area contributed by atoms with Gasteiger partial charge in [0.15, 0.2) is 6.10 Å². The second-order valence-electron chi connectivity index (χ2n) is 20.5. The summed E-state index contributed by atoms with van der Waals surface area (Å²) < 4.78 is 16.9. The second kappa shape index (κ2) is 62.6. The number of unbranched alkanes of at least 4 members (excludes halogenated alkanes) is 27. The van der Waals surface area contributed by atoms with E-state index in [0.29, 0.717) is 19.3 Å². The lowest BCUT2D eigenvalue weighted by molar-refractivity contribution is -0.167. The molecule has 0 amide bonds. The van der Waals surface area contributed by atoms with Gasteiger partial charge in [-0.3, -0.25) is 14.4 Å². The second-order valence-corrected chi connectivity index (χ2v) is 20.5. The first kappa shape index (κ1) is 71.1. The molecule has 0 bridgehead atoms. The summed E-state index contributed by atoms with van der Waals surface area (Å²) in [6.07, 6.45) is 85.3. The molecule has 0 fully saturated rings. The molecule has 1 atom stereocenters. The highest BCUT2D eigenvalue weighted by atomic mass is 16.6. The van der Waals surface area contributed by atoms with E-state index in [1.807, 2.05) is 0 Å². The van der Waals surface area contributed by atoms with Crippen molar-refractivity contribution < 1.29 is 28.6 Å². The number of hydrogen-bond acceptors (Lipinski definition) is 6. The Kier molecular flexibility index (Phi) is 59.3. The Hall–Kier alpha value is -3.93. The molecule has 0 aliphatic heterocycles. The van der Waals surface area contributed by atoms with Gasteiger partial charge in [0.25, 0.3) is 0 Å². The molecule has 0 heterocycles. The molecular weight excluding hydrogens is 925 g/mol. The van der Waals surface area contributed by atoms with Gasteiger partial charge >= 0.3 is 17.9 Å². The number of allylic oxidation sites excluding steroid dienone is 18. The minimum absolute atomic E-state index is 0.0925. The number of esters is 3. The lowest BCUT2D eigenvalue weighted by atomic mass is 10.0. The van der Waals surface area contributed by atoms with Crippen molar-refractivity contribution in [1.29, 1.82) is 0 Å². The summed E-state index contributed by atoms with van der Waals surface area (Å²) in [5, 5.41) is 0. The maximum atomic E-state index is 12.9. The molecule has 0 radical (unpaired) electrons. The average molecular weight is 1040 g/mol. The van der Waals surface area contributed by atoms with Crippen LogP contribution in [0.2, 0.25) is 0 Å². The third-order valence-corrected chi connectivity index (χ3v) is 13.2. The molecule has 0 aromatic rings. The van der Waals surface area contributed by atoms with Gasteiger partial charge in [0.1, 0.15) is 13.2 Å². The van der Waals surface area contributed by atoms with Crippen molar-refractivity contribution in [2.24, 2.45) is 0 Å². The molecule has 1 unspecified atom stereocenters. The largest absolute Gasteiger partial charge is 0.462 e. The number of carbonyl (C=O) groups excluding carboxylic acids is 3. The zero-order valence-electron chi connectivity index (χ0n) is 49.0. The summed E-state index contributed by atoms with van der Waals surface area (Å²) in [5.74, 6) is -0.932. The van der Waals surface area contributed by atoms with E-state index in [9.17, 15) is 14.4 Å². The Morgan fingerprint density at radius 2 is 0.520 bits per heavy atom. The quantitative estimate of drug-likeness (QED) is 0.0261. The molecule has 0 aromatic carbocycles. The highest BCUT2D eigenvalue weighted by molar-refractivity contribution is 5.71. The summed E-state index contributed by atoms with van der Waals surface area (Å²) in [5.41, 5.74) is 0. The Morgan fingerprint density at radius 3 is 0.827 bits per heavy atom. The third kappa shape index (κ3) is 60.8. The molecule has 0 rings (SSSR count). The fraction of sp³-hybridized carbons (Fsp3) is 0.696. The van der Waals surface area contributed by atoms with Crippen LogP contribution in [0.3, 0.4) is 0 Å². The van der Waals surface area contributed by atoms with E-state index in [0.717, 1.165) is 135 Å². The molecule has 6 nitrogen and oxygen atoms in total. The van der Waals surface area contributed by atoms with Gasteiger partial charge in [0.05, 0.1) is 0 Å². The zero-order valence-corrected chi connectivity index (χ0v) is 49.0. The van der Waals surface area contributed by atoms with Crippen molar-refractivity contribution in [2.45, 2.75) is 297 Å². The summed E-state index contributed by atoms with van der Waals surface area (Å²) in [6, 6.07) is 0. The molecule has 0 aromatic heterocycles. The Morgan fingerprint density at radius 1 is 0.280 bits per heavy atom. The van der Waals surface area contributed by atoms with Crippen LogP contribution in [0.4, 0.5) is 0 Å². The van der Waals surface area contributed by atoms with Gasteiger partial charge in [0, 0.05) is 19.3 Å². The summed E-state index contributed by atoms with van der Waals surface area (Å²) in [6.45, 7) is 6.36. The summed E-state index contributed by atoms with van der Waals surface area (Å²) >= 11 is 0.